The topological polar surface area (TPSA) is 34.1 Å². The van der Waals surface area contributed by atoms with Crippen LogP contribution in [-0.2, 0) is 9.84 Å². The fourth-order valence-corrected chi connectivity index (χ4v) is 3.04. The van der Waals surface area contributed by atoms with Gasteiger partial charge in [0, 0.05) is 0 Å². The van der Waals surface area contributed by atoms with Gasteiger partial charge in [-0.25, -0.2) is 8.42 Å². The maximum Gasteiger partial charge on any atom is 0.155 e. The fourth-order valence-electron chi connectivity index (χ4n) is 1.01. The van der Waals surface area contributed by atoms with E-state index in [1.165, 1.54) is 0 Å². The molecule has 3 heteroatoms. The first-order chi connectivity index (χ1) is 6.11. The summed E-state index contributed by atoms with van der Waals surface area (Å²) in [6.07, 6.45) is 0.762. The summed E-state index contributed by atoms with van der Waals surface area (Å²) in [4.78, 5) is 0. The Kier molecular flexibility index (Phi) is 4.63. The average Bonchev–Trinajstić information content (AvgIpc) is 2.00. The van der Waals surface area contributed by atoms with Gasteiger partial charge in [0.15, 0.2) is 9.84 Å². The van der Waals surface area contributed by atoms with E-state index in [9.17, 15) is 8.42 Å². The third kappa shape index (κ3) is 3.26. The van der Waals surface area contributed by atoms with Crippen LogP contribution in [0.4, 0.5) is 0 Å². The molecule has 0 aliphatic heterocycles. The molecule has 0 heterocycles. The van der Waals surface area contributed by atoms with E-state index in [2.05, 4.69) is 13.8 Å². The van der Waals surface area contributed by atoms with Crippen LogP contribution in [-0.4, -0.2) is 18.9 Å². The Hall–Kier alpha value is -0.0500. The van der Waals surface area contributed by atoms with E-state index in [-0.39, 0.29) is 5.92 Å². The molecule has 0 bridgehead atoms. The molecule has 14 heavy (non-hydrogen) atoms. The Balaban J connectivity index is 4.63. The molecule has 0 saturated carbocycles. The van der Waals surface area contributed by atoms with Crippen molar-refractivity contribution in [3.63, 3.8) is 0 Å². The van der Waals surface area contributed by atoms with Gasteiger partial charge in [0.05, 0.1) is 10.5 Å². The lowest BCUT2D eigenvalue weighted by molar-refractivity contribution is 0.450. The predicted octanol–water partition coefficient (Wildman–Crippen LogP) is 2.88. The van der Waals surface area contributed by atoms with Crippen molar-refractivity contribution in [3.8, 4) is 0 Å². The second kappa shape index (κ2) is 4.65. The summed E-state index contributed by atoms with van der Waals surface area (Å²) in [5.74, 6) is 0.933. The van der Waals surface area contributed by atoms with Gasteiger partial charge in [-0.3, -0.25) is 0 Å². The van der Waals surface area contributed by atoms with E-state index in [0.29, 0.717) is 11.7 Å². The largest absolute Gasteiger partial charge is 0.228 e. The quantitative estimate of drug-likeness (QED) is 0.714. The molecular formula is C11H24O2S. The second-order valence-corrected chi connectivity index (χ2v) is 7.95. The van der Waals surface area contributed by atoms with E-state index in [1.54, 1.807) is 0 Å². The molecule has 0 fully saturated rings. The standard InChI is InChI=1S/C11H24O2S/c1-9(2)7-8-14(12,13)11(5,6)10(3)4/h9-10H,7-8H2,1-6H3. The summed E-state index contributed by atoms with van der Waals surface area (Å²) in [6.45, 7) is 11.7. The molecule has 0 aromatic rings. The zero-order valence-corrected chi connectivity index (χ0v) is 11.1. The Morgan fingerprint density at radius 2 is 1.50 bits per heavy atom. The van der Waals surface area contributed by atoms with Crippen LogP contribution in [0.5, 0.6) is 0 Å². The summed E-state index contributed by atoms with van der Waals surface area (Å²) < 4.78 is 23.4. The lowest BCUT2D eigenvalue weighted by Gasteiger charge is -2.29. The monoisotopic (exact) mass is 220 g/mol. The second-order valence-electron chi connectivity index (χ2n) is 5.26. The van der Waals surface area contributed by atoms with Gasteiger partial charge in [-0.05, 0) is 32.1 Å². The highest BCUT2D eigenvalue weighted by Gasteiger charge is 2.36. The van der Waals surface area contributed by atoms with Crippen LogP contribution in [0.3, 0.4) is 0 Å². The van der Waals surface area contributed by atoms with Gasteiger partial charge < -0.3 is 0 Å². The molecule has 0 rings (SSSR count). The molecule has 0 unspecified atom stereocenters. The van der Waals surface area contributed by atoms with Crippen LogP contribution in [0.15, 0.2) is 0 Å². The SMILES string of the molecule is CC(C)CCS(=O)(=O)C(C)(C)C(C)C. The van der Waals surface area contributed by atoms with Crippen LogP contribution in [0, 0.1) is 11.8 Å². The van der Waals surface area contributed by atoms with E-state index < -0.39 is 14.6 Å². The molecule has 0 aromatic carbocycles. The van der Waals surface area contributed by atoms with Gasteiger partial charge in [-0.2, -0.15) is 0 Å². The normalized spacial score (nSPS) is 14.0. The first-order valence-electron chi connectivity index (χ1n) is 5.33. The van der Waals surface area contributed by atoms with Crippen LogP contribution in [0.25, 0.3) is 0 Å². The lowest BCUT2D eigenvalue weighted by Crippen LogP contribution is -2.39. The van der Waals surface area contributed by atoms with Gasteiger partial charge in [0.25, 0.3) is 0 Å². The minimum atomic E-state index is -2.95. The van der Waals surface area contributed by atoms with Gasteiger partial charge in [0.2, 0.25) is 0 Å². The van der Waals surface area contributed by atoms with E-state index in [0.717, 1.165) is 6.42 Å². The number of hydrogen-bond acceptors (Lipinski definition) is 2. The Bertz CT molecular complexity index is 261. The van der Waals surface area contributed by atoms with E-state index in [4.69, 9.17) is 0 Å². The third-order valence-electron chi connectivity index (χ3n) is 3.16. The van der Waals surface area contributed by atoms with Crippen molar-refractivity contribution >= 4 is 9.84 Å². The molecule has 0 aliphatic carbocycles. The van der Waals surface area contributed by atoms with Crippen LogP contribution in [0.1, 0.15) is 48.0 Å². The van der Waals surface area contributed by atoms with Gasteiger partial charge in [-0.1, -0.05) is 27.7 Å². The van der Waals surface area contributed by atoms with Gasteiger partial charge in [0.1, 0.15) is 0 Å². The van der Waals surface area contributed by atoms with E-state index >= 15 is 0 Å². The fraction of sp³-hybridized carbons (Fsp3) is 1.00. The first kappa shape index (κ1) is 13.9. The molecule has 0 amide bonds. The Labute approximate surface area is 89.0 Å². The molecule has 0 saturated heterocycles. The molecular weight excluding hydrogens is 196 g/mol. The third-order valence-corrected chi connectivity index (χ3v) is 6.00. The average molecular weight is 220 g/mol. The molecule has 0 N–H and O–H groups in total. The molecule has 0 aliphatic rings. The first-order valence-corrected chi connectivity index (χ1v) is 6.98. The molecule has 0 aromatic heterocycles. The van der Waals surface area contributed by atoms with E-state index in [1.807, 2.05) is 27.7 Å². The van der Waals surface area contributed by atoms with Crippen molar-refractivity contribution in [3.05, 3.63) is 0 Å². The van der Waals surface area contributed by atoms with Crippen molar-refractivity contribution in [2.75, 3.05) is 5.75 Å². The van der Waals surface area contributed by atoms with Crippen molar-refractivity contribution in [1.29, 1.82) is 0 Å². The zero-order valence-electron chi connectivity index (χ0n) is 10.3. The predicted molar refractivity (Wildman–Crippen MR) is 62.2 cm³/mol. The lowest BCUT2D eigenvalue weighted by atomic mass is 10.00. The summed E-state index contributed by atoms with van der Waals surface area (Å²) in [5, 5.41) is 0. The Morgan fingerprint density at radius 3 is 1.79 bits per heavy atom. The van der Waals surface area contributed by atoms with Gasteiger partial charge >= 0.3 is 0 Å². The summed E-state index contributed by atoms with van der Waals surface area (Å²) in [5.41, 5.74) is 0. The van der Waals surface area contributed by atoms with Crippen LogP contribution >= 0.6 is 0 Å². The number of rotatable bonds is 5. The molecule has 0 radical (unpaired) electrons. The smallest absolute Gasteiger partial charge is 0.155 e. The zero-order chi connectivity index (χ0) is 11.6. The number of sulfone groups is 1. The van der Waals surface area contributed by atoms with Crippen molar-refractivity contribution in [1.82, 2.24) is 0 Å². The minimum Gasteiger partial charge on any atom is -0.228 e. The molecule has 2 nitrogen and oxygen atoms in total. The van der Waals surface area contributed by atoms with Crippen molar-refractivity contribution in [2.45, 2.75) is 52.7 Å². The maximum atomic E-state index is 12.0. The molecule has 0 atom stereocenters. The van der Waals surface area contributed by atoms with Crippen molar-refractivity contribution < 1.29 is 8.42 Å². The highest BCUT2D eigenvalue weighted by Crippen LogP contribution is 2.27. The maximum absolute atomic E-state index is 12.0. The molecule has 0 spiro atoms. The van der Waals surface area contributed by atoms with Crippen LogP contribution < -0.4 is 0 Å². The highest BCUT2D eigenvalue weighted by molar-refractivity contribution is 7.92. The Morgan fingerprint density at radius 1 is 1.07 bits per heavy atom. The molecule has 86 valence electrons. The van der Waals surface area contributed by atoms with Crippen LogP contribution in [0.2, 0.25) is 0 Å². The summed E-state index contributed by atoms with van der Waals surface area (Å²) in [6, 6.07) is 0. The highest BCUT2D eigenvalue weighted by atomic mass is 32.2. The van der Waals surface area contributed by atoms with Gasteiger partial charge in [-0.15, -0.1) is 0 Å². The minimum absolute atomic E-state index is 0.166. The van der Waals surface area contributed by atoms with Crippen molar-refractivity contribution in [2.24, 2.45) is 11.8 Å². The summed E-state index contributed by atoms with van der Waals surface area (Å²) in [7, 11) is -2.95. The number of hydrogen-bond donors (Lipinski definition) is 0. The summed E-state index contributed by atoms with van der Waals surface area (Å²) >= 11 is 0.